The van der Waals surface area contributed by atoms with Crippen molar-refractivity contribution in [2.24, 2.45) is 0 Å². The van der Waals surface area contributed by atoms with Crippen LogP contribution in [0.5, 0.6) is 5.88 Å². The van der Waals surface area contributed by atoms with E-state index in [1.165, 1.54) is 23.5 Å². The molecule has 0 atom stereocenters. The van der Waals surface area contributed by atoms with Gasteiger partial charge in [-0.2, -0.15) is 4.98 Å². The van der Waals surface area contributed by atoms with Crippen LogP contribution in [0.15, 0.2) is 47.4 Å². The van der Waals surface area contributed by atoms with Gasteiger partial charge in [0, 0.05) is 19.2 Å². The normalized spacial score (nSPS) is 15.3. The number of halogens is 1. The zero-order valence-corrected chi connectivity index (χ0v) is 20.2. The monoisotopic (exact) mass is 481 g/mol. The SMILES string of the molecule is COc1cccc(N(C2CCN(C(=O)OC(C)(C)C)CC2)S(=O)(=O)c2ccccc2Cl)n1. The lowest BCUT2D eigenvalue weighted by atomic mass is 10.1. The van der Waals surface area contributed by atoms with Gasteiger partial charge in [-0.15, -0.1) is 0 Å². The largest absolute Gasteiger partial charge is 0.481 e. The molecule has 174 valence electrons. The summed E-state index contributed by atoms with van der Waals surface area (Å²) in [5.41, 5.74) is -0.599. The maximum Gasteiger partial charge on any atom is 0.410 e. The molecule has 0 radical (unpaired) electrons. The van der Waals surface area contributed by atoms with E-state index in [-0.39, 0.29) is 15.7 Å². The molecular weight excluding hydrogens is 454 g/mol. The van der Waals surface area contributed by atoms with E-state index in [1.807, 2.05) is 20.8 Å². The molecule has 0 N–H and O–H groups in total. The number of carbonyl (C=O) groups is 1. The lowest BCUT2D eigenvalue weighted by Crippen LogP contribution is -2.50. The summed E-state index contributed by atoms with van der Waals surface area (Å²) < 4.78 is 39.4. The molecule has 0 aliphatic carbocycles. The van der Waals surface area contributed by atoms with Crippen molar-refractivity contribution in [2.45, 2.75) is 50.2 Å². The molecule has 0 unspecified atom stereocenters. The van der Waals surface area contributed by atoms with Gasteiger partial charge in [0.1, 0.15) is 16.3 Å². The van der Waals surface area contributed by atoms with Crippen molar-refractivity contribution in [2.75, 3.05) is 24.5 Å². The van der Waals surface area contributed by atoms with Crippen molar-refractivity contribution >= 4 is 33.5 Å². The molecule has 0 spiro atoms. The van der Waals surface area contributed by atoms with Crippen LogP contribution in [0.25, 0.3) is 0 Å². The number of aromatic nitrogens is 1. The van der Waals surface area contributed by atoms with Gasteiger partial charge in [0.2, 0.25) is 5.88 Å². The van der Waals surface area contributed by atoms with Gasteiger partial charge in [-0.3, -0.25) is 0 Å². The number of benzene rings is 1. The first-order chi connectivity index (χ1) is 15.0. The highest BCUT2D eigenvalue weighted by Gasteiger charge is 2.37. The first-order valence-electron chi connectivity index (χ1n) is 10.3. The number of pyridine rings is 1. The van der Waals surface area contributed by atoms with E-state index >= 15 is 0 Å². The van der Waals surface area contributed by atoms with Crippen LogP contribution in [0.4, 0.5) is 10.6 Å². The van der Waals surface area contributed by atoms with E-state index in [0.717, 1.165) is 0 Å². The smallest absolute Gasteiger partial charge is 0.410 e. The molecule has 1 aromatic heterocycles. The van der Waals surface area contributed by atoms with Gasteiger partial charge in [0.05, 0.1) is 18.2 Å². The summed E-state index contributed by atoms with van der Waals surface area (Å²) in [6, 6.07) is 10.8. The highest BCUT2D eigenvalue weighted by atomic mass is 35.5. The van der Waals surface area contributed by atoms with Crippen LogP contribution in [-0.4, -0.2) is 56.2 Å². The van der Waals surface area contributed by atoms with Gasteiger partial charge in [-0.05, 0) is 51.8 Å². The van der Waals surface area contributed by atoms with Gasteiger partial charge in [0.15, 0.2) is 0 Å². The van der Waals surface area contributed by atoms with E-state index < -0.39 is 27.8 Å². The Kier molecular flexibility index (Phi) is 7.19. The number of likely N-dealkylation sites (tertiary alicyclic amines) is 1. The van der Waals surface area contributed by atoms with Crippen LogP contribution in [0.2, 0.25) is 5.02 Å². The Morgan fingerprint density at radius 1 is 1.12 bits per heavy atom. The zero-order chi connectivity index (χ0) is 23.5. The number of ether oxygens (including phenoxy) is 2. The molecule has 8 nitrogen and oxygen atoms in total. The third-order valence-electron chi connectivity index (χ3n) is 4.97. The molecule has 2 heterocycles. The Morgan fingerprint density at radius 2 is 1.78 bits per heavy atom. The molecule has 1 amide bonds. The average molecular weight is 482 g/mol. The number of rotatable bonds is 5. The molecule has 1 fully saturated rings. The molecular formula is C22H28ClN3O5S. The van der Waals surface area contributed by atoms with Crippen molar-refractivity contribution in [3.63, 3.8) is 0 Å². The number of hydrogen-bond acceptors (Lipinski definition) is 6. The van der Waals surface area contributed by atoms with Crippen molar-refractivity contribution < 1.29 is 22.7 Å². The van der Waals surface area contributed by atoms with E-state index in [0.29, 0.717) is 31.8 Å². The van der Waals surface area contributed by atoms with Crippen molar-refractivity contribution in [3.8, 4) is 5.88 Å². The second-order valence-electron chi connectivity index (χ2n) is 8.47. The summed E-state index contributed by atoms with van der Waals surface area (Å²) in [6.07, 6.45) is 0.430. The Balaban J connectivity index is 1.93. The first kappa shape index (κ1) is 24.1. The molecule has 1 aromatic carbocycles. The lowest BCUT2D eigenvalue weighted by Gasteiger charge is -2.38. The molecule has 1 aliphatic rings. The van der Waals surface area contributed by atoms with E-state index in [9.17, 15) is 13.2 Å². The summed E-state index contributed by atoms with van der Waals surface area (Å²) in [5, 5.41) is 0.131. The number of methoxy groups -OCH3 is 1. The fourth-order valence-electron chi connectivity index (χ4n) is 3.52. The quantitative estimate of drug-likeness (QED) is 0.631. The molecule has 1 aliphatic heterocycles. The number of amides is 1. The van der Waals surface area contributed by atoms with E-state index in [4.69, 9.17) is 21.1 Å². The van der Waals surface area contributed by atoms with Crippen LogP contribution in [0, 0.1) is 0 Å². The fraction of sp³-hybridized carbons (Fsp3) is 0.455. The highest BCUT2D eigenvalue weighted by molar-refractivity contribution is 7.93. The number of anilines is 1. The molecule has 1 saturated heterocycles. The summed E-state index contributed by atoms with van der Waals surface area (Å²) in [4.78, 5) is 18.4. The Morgan fingerprint density at radius 3 is 2.38 bits per heavy atom. The van der Waals surface area contributed by atoms with Crippen molar-refractivity contribution in [3.05, 3.63) is 47.5 Å². The molecule has 10 heteroatoms. The zero-order valence-electron chi connectivity index (χ0n) is 18.6. The van der Waals surface area contributed by atoms with Crippen molar-refractivity contribution in [1.29, 1.82) is 0 Å². The second kappa shape index (κ2) is 9.54. The summed E-state index contributed by atoms with van der Waals surface area (Å²) in [6.45, 7) is 6.15. The van der Waals surface area contributed by atoms with Gasteiger partial charge in [-0.1, -0.05) is 29.8 Å². The van der Waals surface area contributed by atoms with Gasteiger partial charge in [-0.25, -0.2) is 17.5 Å². The standard InChI is InChI=1S/C22H28ClN3O5S/c1-22(2,3)31-21(27)25-14-12-16(13-15-25)26(19-10-7-11-20(24-19)30-4)32(28,29)18-9-6-5-8-17(18)23/h5-11,16H,12-15H2,1-4H3. The third-order valence-corrected chi connectivity index (χ3v) is 7.32. The molecule has 0 bridgehead atoms. The second-order valence-corrected chi connectivity index (χ2v) is 10.7. The summed E-state index contributed by atoms with van der Waals surface area (Å²) in [5.74, 6) is 0.535. The number of piperidine rings is 1. The van der Waals surface area contributed by atoms with Gasteiger partial charge < -0.3 is 14.4 Å². The van der Waals surface area contributed by atoms with Crippen LogP contribution in [-0.2, 0) is 14.8 Å². The third kappa shape index (κ3) is 5.45. The van der Waals surface area contributed by atoms with Gasteiger partial charge in [0.25, 0.3) is 10.0 Å². The average Bonchev–Trinajstić information content (AvgIpc) is 2.73. The number of nitrogens with zero attached hydrogens (tertiary/aromatic N) is 3. The van der Waals surface area contributed by atoms with Crippen molar-refractivity contribution in [1.82, 2.24) is 9.88 Å². The van der Waals surface area contributed by atoms with Gasteiger partial charge >= 0.3 is 6.09 Å². The maximum atomic E-state index is 13.7. The minimum Gasteiger partial charge on any atom is -0.481 e. The summed E-state index contributed by atoms with van der Waals surface area (Å²) in [7, 11) is -2.56. The van der Waals surface area contributed by atoms with E-state index in [1.54, 1.807) is 35.2 Å². The summed E-state index contributed by atoms with van der Waals surface area (Å²) >= 11 is 6.24. The van der Waals surface area contributed by atoms with Crippen LogP contribution < -0.4 is 9.04 Å². The first-order valence-corrected chi connectivity index (χ1v) is 12.1. The topological polar surface area (TPSA) is 89.0 Å². The van der Waals surface area contributed by atoms with Crippen LogP contribution >= 0.6 is 11.6 Å². The minimum atomic E-state index is -4.03. The van der Waals surface area contributed by atoms with E-state index in [2.05, 4.69) is 4.98 Å². The molecule has 32 heavy (non-hydrogen) atoms. The Bertz CT molecular complexity index is 1060. The minimum absolute atomic E-state index is 0.000795. The fourth-order valence-corrected chi connectivity index (χ4v) is 5.67. The number of hydrogen-bond donors (Lipinski definition) is 0. The Hall–Kier alpha value is -2.52. The molecule has 3 rings (SSSR count). The number of sulfonamides is 1. The lowest BCUT2D eigenvalue weighted by molar-refractivity contribution is 0.0207. The predicted octanol–water partition coefficient (Wildman–Crippen LogP) is 4.34. The van der Waals surface area contributed by atoms with Crippen LogP contribution in [0.1, 0.15) is 33.6 Å². The number of carbonyl (C=O) groups excluding carboxylic acids is 1. The maximum absolute atomic E-state index is 13.7. The Labute approximate surface area is 194 Å². The highest BCUT2D eigenvalue weighted by Crippen LogP contribution is 2.33. The molecule has 0 saturated carbocycles. The predicted molar refractivity (Wildman–Crippen MR) is 123 cm³/mol. The molecule has 2 aromatic rings. The van der Waals surface area contributed by atoms with Crippen LogP contribution in [0.3, 0.4) is 0 Å².